The van der Waals surface area contributed by atoms with Crippen molar-refractivity contribution in [2.24, 2.45) is 0 Å². The molecule has 3 aromatic carbocycles. The number of amides is 2. The number of imide groups is 1. The molecule has 1 heterocycles. The molecule has 0 aliphatic carbocycles. The molecule has 0 fully saturated rings. The van der Waals surface area contributed by atoms with Crippen molar-refractivity contribution in [1.82, 2.24) is 0 Å². The van der Waals surface area contributed by atoms with Gasteiger partial charge in [-0.3, -0.25) is 9.59 Å². The summed E-state index contributed by atoms with van der Waals surface area (Å²) >= 11 is 0. The number of aryl methyl sites for hydroxylation is 2. The third kappa shape index (κ3) is 4.17. The van der Waals surface area contributed by atoms with E-state index < -0.39 is 17.6 Å². The van der Waals surface area contributed by atoms with Gasteiger partial charge in [-0.2, -0.15) is 0 Å². The lowest BCUT2D eigenvalue weighted by Crippen LogP contribution is -2.32. The summed E-state index contributed by atoms with van der Waals surface area (Å²) in [5.74, 6) is -0.633. The number of carbonyl (C=O) groups excluding carboxylic acids is 2. The number of rotatable bonds is 6. The number of hydrogen-bond donors (Lipinski definition) is 1. The molecule has 33 heavy (non-hydrogen) atoms. The molecule has 4 rings (SSSR count). The molecular weight excluding hydrogens is 423 g/mol. The minimum Gasteiger partial charge on any atom is -0.497 e. The van der Waals surface area contributed by atoms with Gasteiger partial charge in [-0.1, -0.05) is 29.8 Å². The number of benzene rings is 3. The first kappa shape index (κ1) is 22.1. The van der Waals surface area contributed by atoms with Gasteiger partial charge in [-0.25, -0.2) is 9.29 Å². The van der Waals surface area contributed by atoms with Crippen LogP contribution in [0.4, 0.5) is 15.8 Å². The quantitative estimate of drug-likeness (QED) is 0.548. The fraction of sp³-hybridized carbons (Fsp3) is 0.154. The molecule has 1 N–H and O–H groups in total. The van der Waals surface area contributed by atoms with Crippen LogP contribution in [0.15, 0.2) is 66.4 Å². The predicted octanol–water partition coefficient (Wildman–Crippen LogP) is 4.86. The summed E-state index contributed by atoms with van der Waals surface area (Å²) in [5.41, 5.74) is 3.69. The first-order valence-electron chi connectivity index (χ1n) is 10.3. The highest BCUT2D eigenvalue weighted by Crippen LogP contribution is 2.37. The first-order valence-corrected chi connectivity index (χ1v) is 10.3. The normalized spacial score (nSPS) is 13.5. The van der Waals surface area contributed by atoms with Gasteiger partial charge in [0.1, 0.15) is 23.0 Å². The minimum absolute atomic E-state index is 0.111. The lowest BCUT2D eigenvalue weighted by Gasteiger charge is -2.18. The Balaban J connectivity index is 1.85. The van der Waals surface area contributed by atoms with Gasteiger partial charge in [-0.15, -0.1) is 0 Å². The molecule has 2 amide bonds. The summed E-state index contributed by atoms with van der Waals surface area (Å²) in [4.78, 5) is 28.2. The van der Waals surface area contributed by atoms with E-state index in [9.17, 15) is 14.0 Å². The summed E-state index contributed by atoms with van der Waals surface area (Å²) < 4.78 is 24.2. The Bertz CT molecular complexity index is 1260. The van der Waals surface area contributed by atoms with E-state index in [-0.39, 0.29) is 11.3 Å². The molecule has 0 spiro atoms. The maximum absolute atomic E-state index is 13.6. The zero-order valence-electron chi connectivity index (χ0n) is 18.7. The number of nitrogens with one attached hydrogen (secondary N) is 1. The number of nitrogens with zero attached hydrogens (tertiary/aromatic N) is 1. The zero-order valence-corrected chi connectivity index (χ0v) is 18.7. The van der Waals surface area contributed by atoms with Gasteiger partial charge in [0.15, 0.2) is 0 Å². The van der Waals surface area contributed by atoms with E-state index in [1.54, 1.807) is 18.2 Å². The van der Waals surface area contributed by atoms with Gasteiger partial charge < -0.3 is 14.8 Å². The number of anilines is 2. The lowest BCUT2D eigenvalue weighted by molar-refractivity contribution is -0.120. The summed E-state index contributed by atoms with van der Waals surface area (Å²) in [5, 5.41) is 3.15. The lowest BCUT2D eigenvalue weighted by atomic mass is 10.0. The number of carbonyl (C=O) groups is 2. The molecular formula is C26H23FN2O4. The smallest absolute Gasteiger partial charge is 0.282 e. The van der Waals surface area contributed by atoms with Gasteiger partial charge in [-0.05, 0) is 43.2 Å². The largest absolute Gasteiger partial charge is 0.497 e. The van der Waals surface area contributed by atoms with Crippen molar-refractivity contribution in [3.8, 4) is 11.5 Å². The fourth-order valence-electron chi connectivity index (χ4n) is 3.77. The average molecular weight is 446 g/mol. The van der Waals surface area contributed by atoms with Crippen molar-refractivity contribution in [2.75, 3.05) is 24.4 Å². The molecule has 0 radical (unpaired) electrons. The van der Waals surface area contributed by atoms with Crippen LogP contribution in [0.25, 0.3) is 5.57 Å². The molecule has 0 saturated carbocycles. The molecule has 0 saturated heterocycles. The van der Waals surface area contributed by atoms with Gasteiger partial charge in [0.2, 0.25) is 0 Å². The Morgan fingerprint density at radius 3 is 2.03 bits per heavy atom. The second-order valence-electron chi connectivity index (χ2n) is 7.72. The van der Waals surface area contributed by atoms with E-state index in [1.165, 1.54) is 38.5 Å². The maximum atomic E-state index is 13.6. The molecule has 1 aliphatic rings. The molecule has 7 heteroatoms. The Labute approximate surface area is 191 Å². The number of methoxy groups -OCH3 is 2. The van der Waals surface area contributed by atoms with Gasteiger partial charge in [0, 0.05) is 23.9 Å². The molecule has 0 atom stereocenters. The highest BCUT2D eigenvalue weighted by Gasteiger charge is 2.40. The maximum Gasteiger partial charge on any atom is 0.282 e. The summed E-state index contributed by atoms with van der Waals surface area (Å²) in [6.45, 7) is 3.89. The SMILES string of the molecule is COc1cc(OC)cc(N2C(=O)C(Nc3ccc(C)cc3C)=C(c3ccc(F)cc3)C2=O)c1. The molecule has 0 bridgehead atoms. The summed E-state index contributed by atoms with van der Waals surface area (Å²) in [6.07, 6.45) is 0. The van der Waals surface area contributed by atoms with Crippen molar-refractivity contribution in [2.45, 2.75) is 13.8 Å². The van der Waals surface area contributed by atoms with E-state index in [2.05, 4.69) is 5.32 Å². The molecule has 0 unspecified atom stereocenters. The molecule has 1 aliphatic heterocycles. The van der Waals surface area contributed by atoms with Gasteiger partial charge >= 0.3 is 0 Å². The monoisotopic (exact) mass is 446 g/mol. The van der Waals surface area contributed by atoms with Crippen LogP contribution in [-0.2, 0) is 9.59 Å². The van der Waals surface area contributed by atoms with Crippen LogP contribution in [0, 0.1) is 19.7 Å². The first-order chi connectivity index (χ1) is 15.8. The van der Waals surface area contributed by atoms with Crippen LogP contribution in [-0.4, -0.2) is 26.0 Å². The Kier molecular flexibility index (Phi) is 5.87. The fourth-order valence-corrected chi connectivity index (χ4v) is 3.77. The second kappa shape index (κ2) is 8.78. The zero-order chi connectivity index (χ0) is 23.7. The highest BCUT2D eigenvalue weighted by molar-refractivity contribution is 6.46. The third-order valence-corrected chi connectivity index (χ3v) is 5.45. The van der Waals surface area contributed by atoms with Crippen LogP contribution < -0.4 is 19.7 Å². The van der Waals surface area contributed by atoms with Crippen molar-refractivity contribution in [3.63, 3.8) is 0 Å². The molecule has 6 nitrogen and oxygen atoms in total. The highest BCUT2D eigenvalue weighted by atomic mass is 19.1. The van der Waals surface area contributed by atoms with Crippen LogP contribution in [0.3, 0.4) is 0 Å². The Morgan fingerprint density at radius 2 is 1.45 bits per heavy atom. The number of halogens is 1. The molecule has 3 aromatic rings. The predicted molar refractivity (Wildman–Crippen MR) is 125 cm³/mol. The van der Waals surface area contributed by atoms with Crippen LogP contribution in [0.5, 0.6) is 11.5 Å². The van der Waals surface area contributed by atoms with Crippen molar-refractivity contribution < 1.29 is 23.5 Å². The summed E-state index contributed by atoms with van der Waals surface area (Å²) in [7, 11) is 2.98. The minimum atomic E-state index is -0.533. The van der Waals surface area contributed by atoms with Crippen molar-refractivity contribution >= 4 is 28.8 Å². The van der Waals surface area contributed by atoms with Crippen LogP contribution in [0.1, 0.15) is 16.7 Å². The molecule has 0 aromatic heterocycles. The van der Waals surface area contributed by atoms with Gasteiger partial charge in [0.25, 0.3) is 11.8 Å². The Hall–Kier alpha value is -4.13. The van der Waals surface area contributed by atoms with E-state index in [4.69, 9.17) is 9.47 Å². The van der Waals surface area contributed by atoms with E-state index in [0.29, 0.717) is 28.4 Å². The van der Waals surface area contributed by atoms with E-state index in [0.717, 1.165) is 16.0 Å². The third-order valence-electron chi connectivity index (χ3n) is 5.45. The Morgan fingerprint density at radius 1 is 0.818 bits per heavy atom. The topological polar surface area (TPSA) is 67.9 Å². The number of ether oxygens (including phenoxy) is 2. The molecule has 168 valence electrons. The van der Waals surface area contributed by atoms with Crippen LogP contribution in [0.2, 0.25) is 0 Å². The average Bonchev–Trinajstić information content (AvgIpc) is 3.05. The second-order valence-corrected chi connectivity index (χ2v) is 7.72. The van der Waals surface area contributed by atoms with Crippen LogP contribution >= 0.6 is 0 Å². The standard InChI is InChI=1S/C26H23FN2O4/c1-15-5-10-22(16(2)11-15)28-24-23(17-6-8-18(27)9-7-17)25(30)29(26(24)31)19-12-20(32-3)14-21(13-19)33-4/h5-14,28H,1-4H3. The van der Waals surface area contributed by atoms with Crippen molar-refractivity contribution in [3.05, 3.63) is 88.9 Å². The van der Waals surface area contributed by atoms with E-state index >= 15 is 0 Å². The van der Waals surface area contributed by atoms with E-state index in [1.807, 2.05) is 32.0 Å². The number of hydrogen-bond acceptors (Lipinski definition) is 5. The van der Waals surface area contributed by atoms with Gasteiger partial charge in [0.05, 0.1) is 25.5 Å². The summed E-state index contributed by atoms with van der Waals surface area (Å²) in [6, 6.07) is 16.0. The van der Waals surface area contributed by atoms with Crippen molar-refractivity contribution in [1.29, 1.82) is 0 Å².